The van der Waals surface area contributed by atoms with Gasteiger partial charge in [0.15, 0.2) is 0 Å². The van der Waals surface area contributed by atoms with Gasteiger partial charge in [-0.3, -0.25) is 4.90 Å². The Bertz CT molecular complexity index is 982. The second-order valence-corrected chi connectivity index (χ2v) is 8.99. The van der Waals surface area contributed by atoms with E-state index in [4.69, 9.17) is 9.97 Å². The zero-order valence-electron chi connectivity index (χ0n) is 18.3. The van der Waals surface area contributed by atoms with Crippen LogP contribution in [0.3, 0.4) is 0 Å². The summed E-state index contributed by atoms with van der Waals surface area (Å²) < 4.78 is 0. The molecule has 5 heteroatoms. The molecule has 5 rings (SSSR count). The number of likely N-dealkylation sites (tertiary alicyclic amines) is 1. The summed E-state index contributed by atoms with van der Waals surface area (Å²) in [5.74, 6) is 1.89. The lowest BCUT2D eigenvalue weighted by atomic mass is 10.0. The molecule has 31 heavy (non-hydrogen) atoms. The van der Waals surface area contributed by atoms with Gasteiger partial charge in [-0.25, -0.2) is 4.98 Å². The summed E-state index contributed by atoms with van der Waals surface area (Å²) in [4.78, 5) is 15.0. The lowest BCUT2D eigenvalue weighted by Crippen LogP contribution is -2.42. The number of hydrogen-bond acceptors (Lipinski definition) is 5. The number of nitrogens with zero attached hydrogens (tertiary/aromatic N) is 4. The Hall–Kier alpha value is -2.66. The Morgan fingerprint density at radius 3 is 2.42 bits per heavy atom. The molecule has 3 heterocycles. The van der Waals surface area contributed by atoms with Gasteiger partial charge in [0.2, 0.25) is 5.95 Å². The first kappa shape index (κ1) is 20.3. The average molecular weight is 416 g/mol. The maximum absolute atomic E-state index is 5.05. The van der Waals surface area contributed by atoms with Gasteiger partial charge in [0.1, 0.15) is 5.82 Å². The number of fused-ring (bicyclic) bond motifs is 1. The van der Waals surface area contributed by atoms with Gasteiger partial charge < -0.3 is 10.2 Å². The van der Waals surface area contributed by atoms with Crippen molar-refractivity contribution < 1.29 is 0 Å². The van der Waals surface area contributed by atoms with Crippen molar-refractivity contribution in [3.63, 3.8) is 0 Å². The molecule has 0 bridgehead atoms. The van der Waals surface area contributed by atoms with Crippen molar-refractivity contribution in [3.8, 4) is 0 Å². The maximum atomic E-state index is 5.05. The predicted octanol–water partition coefficient (Wildman–Crippen LogP) is 5.09. The normalized spacial score (nSPS) is 20.5. The molecule has 0 radical (unpaired) electrons. The van der Waals surface area contributed by atoms with Crippen molar-refractivity contribution in [1.82, 2.24) is 14.9 Å². The van der Waals surface area contributed by atoms with Gasteiger partial charge in [-0.15, -0.1) is 0 Å². The number of aromatic nitrogens is 2. The third-order valence-electron chi connectivity index (χ3n) is 6.58. The molecule has 0 saturated carbocycles. The summed E-state index contributed by atoms with van der Waals surface area (Å²) in [5, 5.41) is 4.86. The molecule has 162 valence electrons. The highest BCUT2D eigenvalue weighted by Crippen LogP contribution is 2.28. The Labute approximate surface area is 185 Å². The Morgan fingerprint density at radius 2 is 1.58 bits per heavy atom. The van der Waals surface area contributed by atoms with Crippen molar-refractivity contribution >= 4 is 22.7 Å². The van der Waals surface area contributed by atoms with Crippen LogP contribution in [-0.2, 0) is 6.54 Å². The number of nitrogens with one attached hydrogen (secondary N) is 1. The molecule has 0 spiro atoms. The zero-order chi connectivity index (χ0) is 20.9. The summed E-state index contributed by atoms with van der Waals surface area (Å²) in [6.07, 6.45) is 7.52. The molecule has 1 atom stereocenters. The number of rotatable bonds is 5. The van der Waals surface area contributed by atoms with E-state index in [9.17, 15) is 0 Å². The van der Waals surface area contributed by atoms with Crippen LogP contribution in [0.25, 0.3) is 10.9 Å². The van der Waals surface area contributed by atoms with Gasteiger partial charge in [-0.1, -0.05) is 55.3 Å². The second-order valence-electron chi connectivity index (χ2n) is 8.99. The van der Waals surface area contributed by atoms with Gasteiger partial charge in [-0.2, -0.15) is 4.98 Å². The molecular formula is C26H33N5. The molecule has 1 N–H and O–H groups in total. The third kappa shape index (κ3) is 4.99. The summed E-state index contributed by atoms with van der Waals surface area (Å²) >= 11 is 0. The van der Waals surface area contributed by atoms with Crippen LogP contribution >= 0.6 is 0 Å². The second kappa shape index (κ2) is 9.65. The molecular weight excluding hydrogens is 382 g/mol. The van der Waals surface area contributed by atoms with E-state index < -0.39 is 0 Å². The van der Waals surface area contributed by atoms with Gasteiger partial charge in [0, 0.05) is 37.6 Å². The quantitative estimate of drug-likeness (QED) is 0.629. The average Bonchev–Trinajstić information content (AvgIpc) is 3.09. The topological polar surface area (TPSA) is 44.3 Å². The summed E-state index contributed by atoms with van der Waals surface area (Å²) in [6.45, 7) is 5.38. The van der Waals surface area contributed by atoms with Gasteiger partial charge in [-0.05, 0) is 49.9 Å². The predicted molar refractivity (Wildman–Crippen MR) is 129 cm³/mol. The highest BCUT2D eigenvalue weighted by Gasteiger charge is 2.22. The minimum atomic E-state index is 0.385. The summed E-state index contributed by atoms with van der Waals surface area (Å²) in [7, 11) is 0. The number of piperidine rings is 1. The first-order chi connectivity index (χ1) is 15.3. The van der Waals surface area contributed by atoms with Crippen molar-refractivity contribution in [2.24, 2.45) is 0 Å². The number of para-hydroxylation sites is 1. The van der Waals surface area contributed by atoms with E-state index in [1.165, 1.54) is 49.5 Å². The molecule has 3 aromatic rings. The number of anilines is 2. The highest BCUT2D eigenvalue weighted by atomic mass is 15.2. The van der Waals surface area contributed by atoms with Crippen LogP contribution in [0.4, 0.5) is 11.8 Å². The fourth-order valence-electron chi connectivity index (χ4n) is 4.99. The minimum absolute atomic E-state index is 0.385. The first-order valence-corrected chi connectivity index (χ1v) is 11.9. The van der Waals surface area contributed by atoms with Crippen LogP contribution in [0.1, 0.15) is 44.1 Å². The fourth-order valence-corrected chi connectivity index (χ4v) is 4.99. The van der Waals surface area contributed by atoms with Crippen molar-refractivity contribution in [2.45, 2.75) is 51.1 Å². The lowest BCUT2D eigenvalue weighted by Gasteiger charge is -2.33. The molecule has 1 aromatic heterocycles. The monoisotopic (exact) mass is 415 g/mol. The Morgan fingerprint density at radius 1 is 0.806 bits per heavy atom. The lowest BCUT2D eigenvalue weighted by molar-refractivity contribution is 0.208. The van der Waals surface area contributed by atoms with Crippen LogP contribution in [0.15, 0.2) is 54.6 Å². The van der Waals surface area contributed by atoms with Crippen LogP contribution in [-0.4, -0.2) is 47.1 Å². The van der Waals surface area contributed by atoms with Crippen molar-refractivity contribution in [1.29, 1.82) is 0 Å². The largest absolute Gasteiger partial charge is 0.356 e. The smallest absolute Gasteiger partial charge is 0.225 e. The molecule has 0 unspecified atom stereocenters. The molecule has 2 aliphatic rings. The van der Waals surface area contributed by atoms with E-state index >= 15 is 0 Å². The molecule has 0 amide bonds. The first-order valence-electron chi connectivity index (χ1n) is 11.9. The van der Waals surface area contributed by atoms with Crippen LogP contribution in [0.2, 0.25) is 0 Å². The summed E-state index contributed by atoms with van der Waals surface area (Å²) in [5.41, 5.74) is 2.42. The molecule has 2 saturated heterocycles. The molecule has 2 fully saturated rings. The van der Waals surface area contributed by atoms with E-state index in [1.807, 2.05) is 0 Å². The third-order valence-corrected chi connectivity index (χ3v) is 6.58. The van der Waals surface area contributed by atoms with Gasteiger partial charge in [0.25, 0.3) is 0 Å². The van der Waals surface area contributed by atoms with Crippen LogP contribution < -0.4 is 10.2 Å². The number of hydrogen-bond donors (Lipinski definition) is 1. The zero-order valence-corrected chi connectivity index (χ0v) is 18.3. The van der Waals surface area contributed by atoms with Crippen LogP contribution in [0.5, 0.6) is 0 Å². The maximum Gasteiger partial charge on any atom is 0.225 e. The van der Waals surface area contributed by atoms with Gasteiger partial charge in [0.05, 0.1) is 5.52 Å². The Balaban J connectivity index is 1.35. The van der Waals surface area contributed by atoms with E-state index in [2.05, 4.69) is 69.7 Å². The van der Waals surface area contributed by atoms with Crippen LogP contribution in [0, 0.1) is 0 Å². The SMILES string of the molecule is c1ccc(CN2CCC[C@H](Nc3nc(N4CCCCCC4)c4ccccc4n3)C2)cc1. The van der Waals surface area contributed by atoms with E-state index in [0.717, 1.165) is 50.0 Å². The summed E-state index contributed by atoms with van der Waals surface area (Å²) in [6, 6.07) is 19.6. The van der Waals surface area contributed by atoms with E-state index in [0.29, 0.717) is 6.04 Å². The molecule has 0 aliphatic carbocycles. The van der Waals surface area contributed by atoms with E-state index in [-0.39, 0.29) is 0 Å². The van der Waals surface area contributed by atoms with Gasteiger partial charge >= 0.3 is 0 Å². The molecule has 2 aromatic carbocycles. The molecule has 2 aliphatic heterocycles. The standard InChI is InChI=1S/C26H33N5/c1-2-9-18-31(17-8-1)25-23-14-6-7-15-24(23)28-26(29-25)27-22-13-10-16-30(20-22)19-21-11-4-3-5-12-21/h3-7,11-12,14-15,22H,1-2,8-10,13,16-20H2,(H,27,28,29)/t22-/m0/s1. The number of benzene rings is 2. The van der Waals surface area contributed by atoms with E-state index in [1.54, 1.807) is 0 Å². The highest BCUT2D eigenvalue weighted by molar-refractivity contribution is 5.90. The van der Waals surface area contributed by atoms with Crippen molar-refractivity contribution in [3.05, 3.63) is 60.2 Å². The van der Waals surface area contributed by atoms with Crippen molar-refractivity contribution in [2.75, 3.05) is 36.4 Å². The molecule has 5 nitrogen and oxygen atoms in total. The minimum Gasteiger partial charge on any atom is -0.356 e. The fraction of sp³-hybridized carbons (Fsp3) is 0.462. The Kier molecular flexibility index (Phi) is 6.30.